The number of likely N-dealkylation sites (N-methyl/N-ethyl adjacent to an activating group) is 1. The number of carbonyl (C=O) groups excluding carboxylic acids is 2. The number of alkyl carbamates (subject to hydrolysis) is 1. The van der Waals surface area contributed by atoms with E-state index >= 15 is 0 Å². The molecule has 0 aliphatic rings. The van der Waals surface area contributed by atoms with Gasteiger partial charge in [0.05, 0.1) is 6.61 Å². The van der Waals surface area contributed by atoms with Crippen molar-refractivity contribution in [1.82, 2.24) is 10.2 Å². The zero-order valence-corrected chi connectivity index (χ0v) is 17.6. The van der Waals surface area contributed by atoms with E-state index in [0.717, 1.165) is 16.9 Å². The van der Waals surface area contributed by atoms with Crippen molar-refractivity contribution < 1.29 is 19.1 Å². The first-order valence-corrected chi connectivity index (χ1v) is 9.84. The zero-order chi connectivity index (χ0) is 21.2. The summed E-state index contributed by atoms with van der Waals surface area (Å²) in [5.41, 5.74) is 1.88. The number of ether oxygens (including phenoxy) is 2. The minimum Gasteiger partial charge on any atom is -0.494 e. The van der Waals surface area contributed by atoms with Crippen molar-refractivity contribution in [3.8, 4) is 5.75 Å². The van der Waals surface area contributed by atoms with Crippen molar-refractivity contribution in [3.05, 3.63) is 65.7 Å². The smallest absolute Gasteiger partial charge is 0.408 e. The molecule has 2 aromatic carbocycles. The van der Waals surface area contributed by atoms with E-state index in [1.165, 1.54) is 0 Å². The molecule has 0 spiro atoms. The summed E-state index contributed by atoms with van der Waals surface area (Å²) in [6.45, 7) is 6.93. The van der Waals surface area contributed by atoms with Crippen LogP contribution in [0.3, 0.4) is 0 Å². The van der Waals surface area contributed by atoms with E-state index in [1.54, 1.807) is 11.9 Å². The van der Waals surface area contributed by atoms with E-state index < -0.39 is 12.1 Å². The molecule has 0 saturated carbocycles. The van der Waals surface area contributed by atoms with Gasteiger partial charge in [0, 0.05) is 13.6 Å². The van der Waals surface area contributed by atoms with Crippen LogP contribution in [0.25, 0.3) is 0 Å². The Labute approximate surface area is 172 Å². The second kappa shape index (κ2) is 11.1. The highest BCUT2D eigenvalue weighted by molar-refractivity contribution is 5.85. The lowest BCUT2D eigenvalue weighted by Gasteiger charge is -2.27. The Hall–Kier alpha value is -3.02. The number of amides is 2. The number of rotatable bonds is 9. The van der Waals surface area contributed by atoms with Crippen LogP contribution in [0.1, 0.15) is 31.9 Å². The molecule has 0 aliphatic heterocycles. The third-order valence-corrected chi connectivity index (χ3v) is 4.45. The maximum atomic E-state index is 12.9. The predicted molar refractivity (Wildman–Crippen MR) is 112 cm³/mol. The van der Waals surface area contributed by atoms with E-state index in [1.807, 2.05) is 75.4 Å². The van der Waals surface area contributed by atoms with Crippen molar-refractivity contribution in [2.75, 3.05) is 13.7 Å². The molecule has 2 aromatic rings. The lowest BCUT2D eigenvalue weighted by molar-refractivity contribution is -0.133. The number of carbonyl (C=O) groups is 2. The summed E-state index contributed by atoms with van der Waals surface area (Å²) in [4.78, 5) is 26.7. The van der Waals surface area contributed by atoms with Crippen molar-refractivity contribution in [1.29, 1.82) is 0 Å². The molecule has 1 atom stereocenters. The van der Waals surface area contributed by atoms with Crippen LogP contribution in [0.15, 0.2) is 54.6 Å². The van der Waals surface area contributed by atoms with E-state index in [4.69, 9.17) is 9.47 Å². The molecule has 0 fully saturated rings. The van der Waals surface area contributed by atoms with Crippen molar-refractivity contribution in [2.24, 2.45) is 5.92 Å². The first-order valence-electron chi connectivity index (χ1n) is 9.84. The number of hydrogen-bond acceptors (Lipinski definition) is 4. The highest BCUT2D eigenvalue weighted by Gasteiger charge is 2.27. The Morgan fingerprint density at radius 1 is 1.00 bits per heavy atom. The van der Waals surface area contributed by atoms with Gasteiger partial charge >= 0.3 is 6.09 Å². The molecular weight excluding hydrogens is 368 g/mol. The van der Waals surface area contributed by atoms with E-state index in [2.05, 4.69) is 5.32 Å². The normalized spacial score (nSPS) is 11.6. The number of nitrogens with one attached hydrogen (secondary N) is 1. The fourth-order valence-electron chi connectivity index (χ4n) is 2.85. The number of hydrogen-bond donors (Lipinski definition) is 1. The average Bonchev–Trinajstić information content (AvgIpc) is 2.72. The fourth-order valence-corrected chi connectivity index (χ4v) is 2.85. The van der Waals surface area contributed by atoms with Crippen LogP contribution < -0.4 is 10.1 Å². The van der Waals surface area contributed by atoms with Crippen LogP contribution in [0, 0.1) is 5.92 Å². The van der Waals surface area contributed by atoms with Crippen LogP contribution in [-0.2, 0) is 22.7 Å². The second-order valence-electron chi connectivity index (χ2n) is 7.20. The maximum absolute atomic E-state index is 12.9. The topological polar surface area (TPSA) is 67.9 Å². The molecule has 0 aromatic heterocycles. The Bertz CT molecular complexity index is 775. The molecule has 1 N–H and O–H groups in total. The van der Waals surface area contributed by atoms with Gasteiger partial charge in [0.1, 0.15) is 18.4 Å². The molecule has 2 rings (SSSR count). The SMILES string of the molecule is CCOc1ccc(CN(C)C(=O)[C@@H](NC(=O)OCc2ccccc2)C(C)C)cc1. The Kier molecular flexibility index (Phi) is 8.52. The molecule has 0 saturated heterocycles. The van der Waals surface area contributed by atoms with Crippen LogP contribution in [0.4, 0.5) is 4.79 Å². The minimum absolute atomic E-state index is 0.0745. The van der Waals surface area contributed by atoms with Gasteiger partial charge in [-0.15, -0.1) is 0 Å². The molecule has 0 bridgehead atoms. The van der Waals surface area contributed by atoms with Crippen molar-refractivity contribution in [2.45, 2.75) is 40.0 Å². The fraction of sp³-hybridized carbons (Fsp3) is 0.391. The summed E-state index contributed by atoms with van der Waals surface area (Å²) in [5, 5.41) is 2.71. The molecular formula is C23H30N2O4. The third kappa shape index (κ3) is 7.14. The monoisotopic (exact) mass is 398 g/mol. The molecule has 6 nitrogen and oxygen atoms in total. The highest BCUT2D eigenvalue weighted by atomic mass is 16.5. The van der Waals surface area contributed by atoms with Gasteiger partial charge in [-0.1, -0.05) is 56.3 Å². The van der Waals surface area contributed by atoms with Gasteiger partial charge in [-0.2, -0.15) is 0 Å². The second-order valence-corrected chi connectivity index (χ2v) is 7.20. The van der Waals surface area contributed by atoms with Gasteiger partial charge in [-0.05, 0) is 36.1 Å². The largest absolute Gasteiger partial charge is 0.494 e. The lowest BCUT2D eigenvalue weighted by Crippen LogP contribution is -2.50. The number of benzene rings is 2. The molecule has 156 valence electrons. The molecule has 2 amide bonds. The summed E-state index contributed by atoms with van der Waals surface area (Å²) in [6, 6.07) is 16.4. The molecule has 0 radical (unpaired) electrons. The Balaban J connectivity index is 1.92. The summed E-state index contributed by atoms with van der Waals surface area (Å²) in [6.07, 6.45) is -0.602. The molecule has 0 unspecified atom stereocenters. The van der Waals surface area contributed by atoms with Crippen LogP contribution in [-0.4, -0.2) is 36.6 Å². The van der Waals surface area contributed by atoms with Gasteiger partial charge < -0.3 is 19.7 Å². The average molecular weight is 399 g/mol. The van der Waals surface area contributed by atoms with E-state index in [9.17, 15) is 9.59 Å². The summed E-state index contributed by atoms with van der Waals surface area (Å²) < 4.78 is 10.7. The summed E-state index contributed by atoms with van der Waals surface area (Å²) >= 11 is 0. The summed E-state index contributed by atoms with van der Waals surface area (Å²) in [5.74, 6) is 0.563. The van der Waals surface area contributed by atoms with Gasteiger partial charge in [0.25, 0.3) is 0 Å². The zero-order valence-electron chi connectivity index (χ0n) is 17.6. The minimum atomic E-state index is -0.661. The van der Waals surface area contributed by atoms with Crippen molar-refractivity contribution in [3.63, 3.8) is 0 Å². The number of nitrogens with zero attached hydrogens (tertiary/aromatic N) is 1. The summed E-state index contributed by atoms with van der Waals surface area (Å²) in [7, 11) is 1.73. The highest BCUT2D eigenvalue weighted by Crippen LogP contribution is 2.15. The van der Waals surface area contributed by atoms with Crippen LogP contribution in [0.2, 0.25) is 0 Å². The maximum Gasteiger partial charge on any atom is 0.408 e. The van der Waals surface area contributed by atoms with Gasteiger partial charge in [-0.3, -0.25) is 4.79 Å². The van der Waals surface area contributed by atoms with Crippen molar-refractivity contribution >= 4 is 12.0 Å². The molecule has 29 heavy (non-hydrogen) atoms. The van der Waals surface area contributed by atoms with Gasteiger partial charge in [-0.25, -0.2) is 4.79 Å². The van der Waals surface area contributed by atoms with Crippen LogP contribution >= 0.6 is 0 Å². The van der Waals surface area contributed by atoms with Crippen LogP contribution in [0.5, 0.6) is 5.75 Å². The van der Waals surface area contributed by atoms with E-state index in [0.29, 0.717) is 13.2 Å². The molecule has 0 aliphatic carbocycles. The lowest BCUT2D eigenvalue weighted by atomic mass is 10.0. The van der Waals surface area contributed by atoms with Gasteiger partial charge in [0.2, 0.25) is 5.91 Å². The standard InChI is InChI=1S/C23H30N2O4/c1-5-28-20-13-11-18(12-14-20)15-25(4)22(26)21(17(2)3)24-23(27)29-16-19-9-7-6-8-10-19/h6-14,17,21H,5,15-16H2,1-4H3,(H,24,27)/t21-/m0/s1. The third-order valence-electron chi connectivity index (χ3n) is 4.45. The van der Waals surface area contributed by atoms with E-state index in [-0.39, 0.29) is 18.4 Å². The predicted octanol–water partition coefficient (Wildman–Crippen LogP) is 3.99. The molecule has 0 heterocycles. The first-order chi connectivity index (χ1) is 13.9. The Morgan fingerprint density at radius 2 is 1.66 bits per heavy atom. The molecule has 6 heteroatoms. The van der Waals surface area contributed by atoms with Gasteiger partial charge in [0.15, 0.2) is 0 Å². The Morgan fingerprint density at radius 3 is 2.24 bits per heavy atom. The quantitative estimate of drug-likeness (QED) is 0.693. The first kappa shape index (κ1) is 22.3.